The Labute approximate surface area is 126 Å². The number of thioether (sulfide) groups is 1. The molecule has 106 valence electrons. The SMILES string of the molecule is N#Cc1ccc(F)cc1CSc1ccc(CC(=O)O)cc1. The van der Waals surface area contributed by atoms with Crippen LogP contribution in [0.4, 0.5) is 4.39 Å². The Bertz CT molecular complexity index is 692. The topological polar surface area (TPSA) is 61.1 Å². The predicted molar refractivity (Wildman–Crippen MR) is 78.5 cm³/mol. The highest BCUT2D eigenvalue weighted by Gasteiger charge is 2.05. The van der Waals surface area contributed by atoms with Crippen molar-refractivity contribution < 1.29 is 14.3 Å². The fraction of sp³-hybridized carbons (Fsp3) is 0.125. The zero-order valence-electron chi connectivity index (χ0n) is 11.0. The van der Waals surface area contributed by atoms with Crippen LogP contribution >= 0.6 is 11.8 Å². The number of hydrogen-bond acceptors (Lipinski definition) is 3. The molecule has 2 aromatic carbocycles. The summed E-state index contributed by atoms with van der Waals surface area (Å²) < 4.78 is 13.2. The minimum atomic E-state index is -0.867. The second kappa shape index (κ2) is 6.91. The number of benzene rings is 2. The van der Waals surface area contributed by atoms with Crippen molar-refractivity contribution in [3.05, 3.63) is 65.0 Å². The molecule has 21 heavy (non-hydrogen) atoms. The molecule has 0 unspecified atom stereocenters. The van der Waals surface area contributed by atoms with Crippen LogP contribution in [0.3, 0.4) is 0 Å². The van der Waals surface area contributed by atoms with E-state index in [1.54, 1.807) is 12.1 Å². The van der Waals surface area contributed by atoms with E-state index in [2.05, 4.69) is 0 Å². The molecule has 1 N–H and O–H groups in total. The normalized spacial score (nSPS) is 10.1. The summed E-state index contributed by atoms with van der Waals surface area (Å²) in [6.07, 6.45) is -0.00652. The summed E-state index contributed by atoms with van der Waals surface area (Å²) >= 11 is 1.47. The van der Waals surface area contributed by atoms with E-state index < -0.39 is 5.97 Å². The number of rotatable bonds is 5. The van der Waals surface area contributed by atoms with Gasteiger partial charge in [0.1, 0.15) is 5.82 Å². The number of carboxylic acids is 1. The van der Waals surface area contributed by atoms with Crippen LogP contribution in [0.5, 0.6) is 0 Å². The van der Waals surface area contributed by atoms with Crippen molar-refractivity contribution >= 4 is 17.7 Å². The van der Waals surface area contributed by atoms with Crippen LogP contribution in [0.15, 0.2) is 47.4 Å². The van der Waals surface area contributed by atoms with E-state index in [1.807, 2.05) is 18.2 Å². The van der Waals surface area contributed by atoms with Gasteiger partial charge in [0.15, 0.2) is 0 Å². The Morgan fingerprint density at radius 2 is 1.95 bits per heavy atom. The molecule has 0 atom stereocenters. The molecular formula is C16H12FNO2S. The number of hydrogen-bond donors (Lipinski definition) is 1. The number of carboxylic acid groups (broad SMARTS) is 1. The third kappa shape index (κ3) is 4.33. The Morgan fingerprint density at radius 3 is 2.57 bits per heavy atom. The maximum atomic E-state index is 13.2. The number of nitriles is 1. The standard InChI is InChI=1S/C16H12FNO2S/c17-14-4-3-12(9-18)13(8-14)10-21-15-5-1-11(2-6-15)7-16(19)20/h1-6,8H,7,10H2,(H,19,20). The first-order chi connectivity index (χ1) is 10.1. The van der Waals surface area contributed by atoms with Crippen molar-refractivity contribution in [3.63, 3.8) is 0 Å². The molecule has 0 spiro atoms. The lowest BCUT2D eigenvalue weighted by Crippen LogP contribution is -1.99. The van der Waals surface area contributed by atoms with Gasteiger partial charge in [-0.05, 0) is 41.5 Å². The van der Waals surface area contributed by atoms with E-state index in [9.17, 15) is 9.18 Å². The maximum absolute atomic E-state index is 13.2. The Morgan fingerprint density at radius 1 is 1.24 bits per heavy atom. The molecule has 0 aliphatic carbocycles. The summed E-state index contributed by atoms with van der Waals surface area (Å²) in [5, 5.41) is 17.7. The van der Waals surface area contributed by atoms with Crippen molar-refractivity contribution in [1.29, 1.82) is 5.26 Å². The highest BCUT2D eigenvalue weighted by molar-refractivity contribution is 7.98. The van der Waals surface area contributed by atoms with Gasteiger partial charge in [0.2, 0.25) is 0 Å². The van der Waals surface area contributed by atoms with Crippen molar-refractivity contribution in [3.8, 4) is 6.07 Å². The minimum Gasteiger partial charge on any atom is -0.481 e. The van der Waals surface area contributed by atoms with Gasteiger partial charge in [0.25, 0.3) is 0 Å². The first-order valence-electron chi connectivity index (χ1n) is 6.20. The lowest BCUT2D eigenvalue weighted by molar-refractivity contribution is -0.136. The fourth-order valence-electron chi connectivity index (χ4n) is 1.83. The van der Waals surface area contributed by atoms with Gasteiger partial charge in [-0.1, -0.05) is 12.1 Å². The third-order valence-corrected chi connectivity index (χ3v) is 3.92. The first kappa shape index (κ1) is 15.1. The molecule has 2 rings (SSSR count). The van der Waals surface area contributed by atoms with Gasteiger partial charge in [-0.2, -0.15) is 5.26 Å². The predicted octanol–water partition coefficient (Wildman–Crippen LogP) is 3.62. The molecule has 0 heterocycles. The number of nitrogens with zero attached hydrogens (tertiary/aromatic N) is 1. The number of aliphatic carboxylic acids is 1. The van der Waals surface area contributed by atoms with Gasteiger partial charge < -0.3 is 5.11 Å². The molecule has 0 fully saturated rings. The molecule has 0 aliphatic rings. The quantitative estimate of drug-likeness (QED) is 0.857. The zero-order valence-corrected chi connectivity index (χ0v) is 11.9. The summed E-state index contributed by atoms with van der Waals surface area (Å²) in [4.78, 5) is 11.5. The van der Waals surface area contributed by atoms with E-state index in [0.717, 1.165) is 10.5 Å². The minimum absolute atomic E-state index is 0.00652. The average molecular weight is 301 g/mol. The van der Waals surface area contributed by atoms with Gasteiger partial charge >= 0.3 is 5.97 Å². The molecule has 5 heteroatoms. The maximum Gasteiger partial charge on any atom is 0.307 e. The number of carbonyl (C=O) groups is 1. The van der Waals surface area contributed by atoms with E-state index in [0.29, 0.717) is 16.9 Å². The fourth-order valence-corrected chi connectivity index (χ4v) is 2.72. The summed E-state index contributed by atoms with van der Waals surface area (Å²) in [7, 11) is 0. The lowest BCUT2D eigenvalue weighted by atomic mass is 10.1. The Balaban J connectivity index is 2.05. The summed E-state index contributed by atoms with van der Waals surface area (Å²) in [5.41, 5.74) is 1.85. The van der Waals surface area contributed by atoms with Gasteiger partial charge in [-0.3, -0.25) is 4.79 Å². The summed E-state index contributed by atoms with van der Waals surface area (Å²) in [6.45, 7) is 0. The molecule has 0 saturated carbocycles. The van der Waals surface area contributed by atoms with Gasteiger partial charge in [0.05, 0.1) is 18.1 Å². The van der Waals surface area contributed by atoms with Gasteiger partial charge in [-0.15, -0.1) is 11.8 Å². The van der Waals surface area contributed by atoms with Crippen LogP contribution in [0.25, 0.3) is 0 Å². The largest absolute Gasteiger partial charge is 0.481 e. The highest BCUT2D eigenvalue weighted by Crippen LogP contribution is 2.25. The van der Waals surface area contributed by atoms with E-state index in [4.69, 9.17) is 10.4 Å². The van der Waals surface area contributed by atoms with Crippen molar-refractivity contribution in [2.75, 3.05) is 0 Å². The average Bonchev–Trinajstić information content (AvgIpc) is 2.46. The summed E-state index contributed by atoms with van der Waals surface area (Å²) in [6, 6.07) is 13.3. The van der Waals surface area contributed by atoms with E-state index in [-0.39, 0.29) is 12.2 Å². The molecular weight excluding hydrogens is 289 g/mol. The van der Waals surface area contributed by atoms with Crippen LogP contribution in [0.2, 0.25) is 0 Å². The molecule has 0 bridgehead atoms. The molecule has 0 aliphatic heterocycles. The van der Waals surface area contributed by atoms with E-state index in [1.165, 1.54) is 30.0 Å². The lowest BCUT2D eigenvalue weighted by Gasteiger charge is -2.05. The van der Waals surface area contributed by atoms with Gasteiger partial charge in [-0.25, -0.2) is 4.39 Å². The Hall–Kier alpha value is -2.32. The van der Waals surface area contributed by atoms with Crippen LogP contribution in [-0.4, -0.2) is 11.1 Å². The van der Waals surface area contributed by atoms with Crippen molar-refractivity contribution in [2.24, 2.45) is 0 Å². The molecule has 0 amide bonds. The van der Waals surface area contributed by atoms with Crippen molar-refractivity contribution in [1.82, 2.24) is 0 Å². The molecule has 0 saturated heterocycles. The zero-order chi connectivity index (χ0) is 15.2. The highest BCUT2D eigenvalue weighted by atomic mass is 32.2. The first-order valence-corrected chi connectivity index (χ1v) is 7.19. The Kier molecular flexibility index (Phi) is 4.96. The number of halogens is 1. The molecule has 0 aromatic heterocycles. The molecule has 0 radical (unpaired) electrons. The van der Waals surface area contributed by atoms with E-state index >= 15 is 0 Å². The second-order valence-corrected chi connectivity index (χ2v) is 5.47. The van der Waals surface area contributed by atoms with Gasteiger partial charge in [0, 0.05) is 10.6 Å². The van der Waals surface area contributed by atoms with Crippen LogP contribution < -0.4 is 0 Å². The summed E-state index contributed by atoms with van der Waals surface area (Å²) in [5.74, 6) is -0.742. The van der Waals surface area contributed by atoms with Crippen LogP contribution in [0.1, 0.15) is 16.7 Å². The second-order valence-electron chi connectivity index (χ2n) is 4.42. The third-order valence-electron chi connectivity index (χ3n) is 2.86. The van der Waals surface area contributed by atoms with Crippen molar-refractivity contribution in [2.45, 2.75) is 17.1 Å². The van der Waals surface area contributed by atoms with Crippen LogP contribution in [0, 0.1) is 17.1 Å². The molecule has 3 nitrogen and oxygen atoms in total. The smallest absolute Gasteiger partial charge is 0.307 e. The molecule has 2 aromatic rings. The monoisotopic (exact) mass is 301 g/mol. The van der Waals surface area contributed by atoms with Crippen LogP contribution in [-0.2, 0) is 17.0 Å².